The van der Waals surface area contributed by atoms with Crippen LogP contribution < -0.4 is 10.6 Å². The number of benzene rings is 1. The first-order chi connectivity index (χ1) is 8.68. The maximum absolute atomic E-state index is 11.8. The molecule has 0 radical (unpaired) electrons. The molecule has 1 aromatic carbocycles. The summed E-state index contributed by atoms with van der Waals surface area (Å²) in [4.78, 5) is 11.8. The number of phenolic OH excluding ortho intramolecular Hbond substituents is 2. The Morgan fingerprint density at radius 2 is 2.22 bits per heavy atom. The molecule has 0 aromatic heterocycles. The molecule has 0 unspecified atom stereocenters. The van der Waals surface area contributed by atoms with Crippen LogP contribution in [0.2, 0.25) is 0 Å². The van der Waals surface area contributed by atoms with Crippen molar-refractivity contribution in [3.63, 3.8) is 0 Å². The predicted molar refractivity (Wildman–Crippen MR) is 67.7 cm³/mol. The molecule has 5 nitrogen and oxygen atoms in total. The van der Waals surface area contributed by atoms with Crippen molar-refractivity contribution in [2.24, 2.45) is 0 Å². The average Bonchev–Trinajstić information content (AvgIpc) is 2.40. The molecule has 0 saturated carbocycles. The largest absolute Gasteiger partial charge is 0.504 e. The van der Waals surface area contributed by atoms with Crippen molar-refractivity contribution in [1.82, 2.24) is 10.6 Å². The van der Waals surface area contributed by atoms with E-state index in [9.17, 15) is 15.0 Å². The standard InChI is InChI=1S/C13H16N2O3/c16-11-3-1-2-10(12(11)17)13(18)15-8-9-4-6-14-7-5-9/h1-4,14,16-17H,5-8H2,(H,15,18). The third-order valence-corrected chi connectivity index (χ3v) is 2.89. The van der Waals surface area contributed by atoms with E-state index in [2.05, 4.69) is 10.6 Å². The van der Waals surface area contributed by atoms with Gasteiger partial charge in [0.15, 0.2) is 11.5 Å². The molecule has 1 amide bonds. The van der Waals surface area contributed by atoms with Gasteiger partial charge in [0, 0.05) is 13.1 Å². The molecule has 0 saturated heterocycles. The molecular formula is C13H16N2O3. The van der Waals surface area contributed by atoms with Gasteiger partial charge in [-0.05, 0) is 25.1 Å². The molecule has 0 bridgehead atoms. The Bertz CT molecular complexity index is 483. The van der Waals surface area contributed by atoms with E-state index in [-0.39, 0.29) is 23.0 Å². The van der Waals surface area contributed by atoms with Gasteiger partial charge in [0.05, 0.1) is 5.56 Å². The monoisotopic (exact) mass is 248 g/mol. The Morgan fingerprint density at radius 1 is 1.39 bits per heavy atom. The van der Waals surface area contributed by atoms with Gasteiger partial charge in [-0.15, -0.1) is 0 Å². The van der Waals surface area contributed by atoms with Crippen LogP contribution in [0.4, 0.5) is 0 Å². The van der Waals surface area contributed by atoms with Crippen molar-refractivity contribution in [3.05, 3.63) is 35.4 Å². The summed E-state index contributed by atoms with van der Waals surface area (Å²) in [7, 11) is 0. The second-order valence-corrected chi connectivity index (χ2v) is 4.17. The molecule has 5 heteroatoms. The lowest BCUT2D eigenvalue weighted by molar-refractivity contribution is 0.0953. The summed E-state index contributed by atoms with van der Waals surface area (Å²) in [5.74, 6) is -1.05. The first-order valence-electron chi connectivity index (χ1n) is 5.86. The Kier molecular flexibility index (Phi) is 3.84. The summed E-state index contributed by atoms with van der Waals surface area (Å²) in [5.41, 5.74) is 1.26. The fourth-order valence-corrected chi connectivity index (χ4v) is 1.83. The van der Waals surface area contributed by atoms with Crippen LogP contribution in [0.25, 0.3) is 0 Å². The second kappa shape index (κ2) is 5.55. The van der Waals surface area contributed by atoms with Gasteiger partial charge in [-0.1, -0.05) is 17.7 Å². The van der Waals surface area contributed by atoms with Crippen LogP contribution in [-0.4, -0.2) is 35.8 Å². The quantitative estimate of drug-likeness (QED) is 0.470. The van der Waals surface area contributed by atoms with Gasteiger partial charge in [0.1, 0.15) is 0 Å². The minimum Gasteiger partial charge on any atom is -0.504 e. The Labute approximate surface area is 105 Å². The van der Waals surface area contributed by atoms with Crippen molar-refractivity contribution in [2.75, 3.05) is 19.6 Å². The van der Waals surface area contributed by atoms with Crippen molar-refractivity contribution >= 4 is 5.91 Å². The van der Waals surface area contributed by atoms with Crippen molar-refractivity contribution in [2.45, 2.75) is 6.42 Å². The summed E-state index contributed by atoms with van der Waals surface area (Å²) in [6.07, 6.45) is 2.96. The molecule has 2 rings (SSSR count). The zero-order valence-electron chi connectivity index (χ0n) is 9.94. The Balaban J connectivity index is 1.99. The number of nitrogens with one attached hydrogen (secondary N) is 2. The van der Waals surface area contributed by atoms with Crippen LogP contribution in [0.15, 0.2) is 29.8 Å². The molecule has 0 aliphatic carbocycles. The van der Waals surface area contributed by atoms with E-state index in [1.807, 2.05) is 6.08 Å². The van der Waals surface area contributed by atoms with E-state index < -0.39 is 0 Å². The minimum absolute atomic E-state index is 0.0875. The summed E-state index contributed by atoms with van der Waals surface area (Å²) in [5, 5.41) is 24.8. The molecular weight excluding hydrogens is 232 g/mol. The first kappa shape index (κ1) is 12.4. The fraction of sp³-hybridized carbons (Fsp3) is 0.308. The van der Waals surface area contributed by atoms with Crippen LogP contribution in [0.5, 0.6) is 11.5 Å². The topological polar surface area (TPSA) is 81.6 Å². The number of carbonyl (C=O) groups is 1. The van der Waals surface area contributed by atoms with Crippen LogP contribution in [0, 0.1) is 0 Å². The van der Waals surface area contributed by atoms with E-state index in [4.69, 9.17) is 0 Å². The second-order valence-electron chi connectivity index (χ2n) is 4.17. The van der Waals surface area contributed by atoms with Gasteiger partial charge in [0.25, 0.3) is 5.91 Å². The molecule has 0 fully saturated rings. The average molecular weight is 248 g/mol. The third kappa shape index (κ3) is 2.81. The van der Waals surface area contributed by atoms with Gasteiger partial charge in [0.2, 0.25) is 0 Å². The highest BCUT2D eigenvalue weighted by molar-refractivity contribution is 5.97. The van der Waals surface area contributed by atoms with Gasteiger partial charge in [-0.3, -0.25) is 4.79 Å². The highest BCUT2D eigenvalue weighted by Gasteiger charge is 2.14. The normalized spacial score (nSPS) is 15.0. The number of hydrogen-bond acceptors (Lipinski definition) is 4. The highest BCUT2D eigenvalue weighted by atomic mass is 16.3. The maximum atomic E-state index is 11.8. The van der Waals surface area contributed by atoms with Crippen molar-refractivity contribution in [1.29, 1.82) is 0 Å². The molecule has 1 aromatic rings. The van der Waals surface area contributed by atoms with E-state index >= 15 is 0 Å². The number of phenols is 2. The lowest BCUT2D eigenvalue weighted by atomic mass is 10.1. The predicted octanol–water partition coefficient (Wildman–Crippen LogP) is 0.747. The zero-order valence-corrected chi connectivity index (χ0v) is 9.94. The van der Waals surface area contributed by atoms with Gasteiger partial charge < -0.3 is 20.8 Å². The van der Waals surface area contributed by atoms with Crippen LogP contribution in [0.3, 0.4) is 0 Å². The summed E-state index contributed by atoms with van der Waals surface area (Å²) < 4.78 is 0. The van der Waals surface area contributed by atoms with Gasteiger partial charge in [-0.25, -0.2) is 0 Å². The third-order valence-electron chi connectivity index (χ3n) is 2.89. The van der Waals surface area contributed by atoms with Crippen molar-refractivity contribution in [3.8, 4) is 11.5 Å². The smallest absolute Gasteiger partial charge is 0.255 e. The number of rotatable bonds is 3. The Hall–Kier alpha value is -2.01. The molecule has 0 atom stereocenters. The van der Waals surface area contributed by atoms with E-state index in [0.717, 1.165) is 19.5 Å². The molecule has 0 spiro atoms. The summed E-state index contributed by atoms with van der Waals surface area (Å²) >= 11 is 0. The Morgan fingerprint density at radius 3 is 2.94 bits per heavy atom. The molecule has 1 heterocycles. The van der Waals surface area contributed by atoms with Gasteiger partial charge >= 0.3 is 0 Å². The molecule has 1 aliphatic heterocycles. The van der Waals surface area contributed by atoms with E-state index in [1.54, 1.807) is 0 Å². The number of para-hydroxylation sites is 1. The van der Waals surface area contributed by atoms with Crippen LogP contribution in [0.1, 0.15) is 16.8 Å². The zero-order chi connectivity index (χ0) is 13.0. The molecule has 1 aliphatic rings. The molecule has 96 valence electrons. The van der Waals surface area contributed by atoms with Gasteiger partial charge in [-0.2, -0.15) is 0 Å². The lowest BCUT2D eigenvalue weighted by Crippen LogP contribution is -2.29. The van der Waals surface area contributed by atoms with E-state index in [1.165, 1.54) is 23.8 Å². The number of carbonyl (C=O) groups excluding carboxylic acids is 1. The van der Waals surface area contributed by atoms with E-state index in [0.29, 0.717) is 6.54 Å². The van der Waals surface area contributed by atoms with Crippen LogP contribution >= 0.6 is 0 Å². The molecule has 4 N–H and O–H groups in total. The highest BCUT2D eigenvalue weighted by Crippen LogP contribution is 2.27. The lowest BCUT2D eigenvalue weighted by Gasteiger charge is -2.14. The number of hydrogen-bond donors (Lipinski definition) is 4. The van der Waals surface area contributed by atoms with Crippen LogP contribution in [-0.2, 0) is 0 Å². The summed E-state index contributed by atoms with van der Waals surface area (Å²) in [6, 6.07) is 4.33. The molecule has 18 heavy (non-hydrogen) atoms. The number of aromatic hydroxyl groups is 2. The minimum atomic E-state index is -0.386. The fourth-order valence-electron chi connectivity index (χ4n) is 1.83. The SMILES string of the molecule is O=C(NCC1=CCNCC1)c1cccc(O)c1O. The first-order valence-corrected chi connectivity index (χ1v) is 5.86. The number of amides is 1. The maximum Gasteiger partial charge on any atom is 0.255 e. The van der Waals surface area contributed by atoms with Crippen molar-refractivity contribution < 1.29 is 15.0 Å². The summed E-state index contributed by atoms with van der Waals surface area (Å²) in [6.45, 7) is 2.21.